The van der Waals surface area contributed by atoms with Crippen LogP contribution in [0, 0.1) is 39.9 Å². The fraction of sp³-hybridized carbons (Fsp3) is 0.633. The average Bonchev–Trinajstić information content (AvgIpc) is 3.20. The molecule has 2 bridgehead atoms. The molecule has 10 atom stereocenters. The zero-order valence-electron chi connectivity index (χ0n) is 23.9. The van der Waals surface area contributed by atoms with E-state index in [-0.39, 0.29) is 36.2 Å². The second kappa shape index (κ2) is 9.70. The molecule has 1 aromatic carbocycles. The Hall–Kier alpha value is -2.69. The maximum Gasteiger partial charge on any atom is 0.466 e. The van der Waals surface area contributed by atoms with Gasteiger partial charge in [0.25, 0.3) is 0 Å². The van der Waals surface area contributed by atoms with Crippen LogP contribution in [0.15, 0.2) is 36.0 Å². The van der Waals surface area contributed by atoms with Gasteiger partial charge in [0.2, 0.25) is 0 Å². The predicted molar refractivity (Wildman–Crippen MR) is 151 cm³/mol. The number of carbonyl (C=O) groups is 2. The summed E-state index contributed by atoms with van der Waals surface area (Å²) in [5, 5.41) is 48.2. The highest BCUT2D eigenvalue weighted by Crippen LogP contribution is 2.69. The van der Waals surface area contributed by atoms with Crippen molar-refractivity contribution < 1.29 is 34.7 Å². The number of aliphatic hydroxyl groups excluding tert-OH is 2. The lowest BCUT2D eigenvalue weighted by atomic mass is 9.41. The Kier molecular flexibility index (Phi) is 6.99. The van der Waals surface area contributed by atoms with Crippen LogP contribution >= 0.6 is 0 Å². The average molecular weight is 552 g/mol. The highest BCUT2D eigenvalue weighted by Gasteiger charge is 2.70. The lowest BCUT2D eigenvalue weighted by Crippen LogP contribution is -2.63. The number of carboxylic acids is 1. The van der Waals surface area contributed by atoms with Gasteiger partial charge < -0.3 is 30.0 Å². The minimum absolute atomic E-state index is 0.0398. The van der Waals surface area contributed by atoms with Crippen molar-refractivity contribution in [2.75, 3.05) is 7.05 Å². The monoisotopic (exact) mass is 552 g/mol. The zero-order valence-corrected chi connectivity index (χ0v) is 23.9. The molecular formula is C30H41BN2O7. The predicted octanol–water partition coefficient (Wildman–Crippen LogP) is 2.07. The van der Waals surface area contributed by atoms with E-state index in [9.17, 15) is 29.9 Å². The Morgan fingerprint density at radius 1 is 1.27 bits per heavy atom. The molecule has 1 aromatic rings. The summed E-state index contributed by atoms with van der Waals surface area (Å²) in [4.78, 5) is 28.3. The highest BCUT2D eigenvalue weighted by atomic mass is 16.5. The van der Waals surface area contributed by atoms with Crippen molar-refractivity contribution in [2.24, 2.45) is 45.0 Å². The number of hydrogen-bond donors (Lipinski definition) is 4. The molecule has 216 valence electrons. The Balaban J connectivity index is 1.66. The van der Waals surface area contributed by atoms with Crippen molar-refractivity contribution in [3.8, 4) is 5.75 Å². The first-order chi connectivity index (χ1) is 18.7. The molecule has 3 fully saturated rings. The number of fused-ring (bicyclic) bond motifs is 1. The van der Waals surface area contributed by atoms with Crippen molar-refractivity contribution in [1.82, 2.24) is 4.92 Å². The topological polar surface area (TPSA) is 140 Å². The summed E-state index contributed by atoms with van der Waals surface area (Å²) in [6.45, 7) is 12.0. The van der Waals surface area contributed by atoms with Crippen LogP contribution in [0.4, 0.5) is 0 Å². The van der Waals surface area contributed by atoms with Gasteiger partial charge in [0.05, 0.1) is 12.3 Å². The minimum Gasteiger partial charge on any atom is -0.478 e. The molecule has 1 aliphatic heterocycles. The Morgan fingerprint density at radius 2 is 1.98 bits per heavy atom. The van der Waals surface area contributed by atoms with Gasteiger partial charge in [0, 0.05) is 24.3 Å². The Morgan fingerprint density at radius 3 is 2.62 bits per heavy atom. The van der Waals surface area contributed by atoms with Crippen molar-refractivity contribution in [3.63, 3.8) is 0 Å². The largest absolute Gasteiger partial charge is 0.478 e. The van der Waals surface area contributed by atoms with Crippen LogP contribution in [0.5, 0.6) is 5.75 Å². The van der Waals surface area contributed by atoms with E-state index in [0.29, 0.717) is 17.4 Å². The molecule has 1 unspecified atom stereocenters. The standard InChI is InChI=1S/C30H41BN2O7/c1-7-28(4)13-20(24(27(37)38)40-19-9-8-18-15-32-33(6)31(39)21(18)12-19)29(5)16(2)10-11-30(17(3)26(28)36)14-22(34)23(35)25(29)30/h7-9,12,15-17,20,22,24-26,34,36,39H,1,10-11,13-14H2,2-6H3,(H,37,38)/t16-,17+,20+,22+,24?,25+,26+,28-,29-,30+/m1/s1. The molecule has 3 saturated carbocycles. The lowest BCUT2D eigenvalue weighted by Gasteiger charge is -2.62. The van der Waals surface area contributed by atoms with Gasteiger partial charge in [-0.05, 0) is 71.5 Å². The van der Waals surface area contributed by atoms with E-state index in [1.165, 1.54) is 4.92 Å². The van der Waals surface area contributed by atoms with E-state index < -0.39 is 59.4 Å². The number of aliphatic hydroxyl groups is 2. The summed E-state index contributed by atoms with van der Waals surface area (Å²) < 4.78 is 6.31. The van der Waals surface area contributed by atoms with Crippen LogP contribution in [0.2, 0.25) is 0 Å². The van der Waals surface area contributed by atoms with E-state index >= 15 is 0 Å². The van der Waals surface area contributed by atoms with Crippen LogP contribution in [0.3, 0.4) is 0 Å². The van der Waals surface area contributed by atoms with E-state index in [1.807, 2.05) is 20.8 Å². The molecule has 0 saturated heterocycles. The second-order valence-electron chi connectivity index (χ2n) is 13.2. The molecule has 0 amide bonds. The fourth-order valence-electron chi connectivity index (χ4n) is 8.74. The number of hydrogen-bond acceptors (Lipinski definition) is 8. The summed E-state index contributed by atoms with van der Waals surface area (Å²) in [7, 11) is 0.627. The van der Waals surface area contributed by atoms with Crippen molar-refractivity contribution in [2.45, 2.75) is 71.7 Å². The van der Waals surface area contributed by atoms with Crippen LogP contribution in [0.25, 0.3) is 0 Å². The maximum atomic E-state index is 13.8. The normalized spacial score (nSPS) is 41.5. The molecule has 5 rings (SSSR count). The molecule has 0 spiro atoms. The summed E-state index contributed by atoms with van der Waals surface area (Å²) in [6.07, 6.45) is 1.83. The number of hydrazone groups is 1. The number of carboxylic acid groups (broad SMARTS) is 1. The number of nitrogens with zero attached hydrogens (tertiary/aromatic N) is 2. The third-order valence-corrected chi connectivity index (χ3v) is 11.4. The zero-order chi connectivity index (χ0) is 29.4. The smallest absolute Gasteiger partial charge is 0.466 e. The third kappa shape index (κ3) is 3.97. The summed E-state index contributed by atoms with van der Waals surface area (Å²) in [5.74, 6) is -2.82. The number of benzene rings is 1. The van der Waals surface area contributed by atoms with Gasteiger partial charge >= 0.3 is 13.0 Å². The van der Waals surface area contributed by atoms with Gasteiger partial charge in [-0.25, -0.2) is 4.79 Å². The maximum absolute atomic E-state index is 13.8. The van der Waals surface area contributed by atoms with Crippen molar-refractivity contribution >= 4 is 30.5 Å². The number of aliphatic carboxylic acids is 1. The van der Waals surface area contributed by atoms with E-state index in [2.05, 4.69) is 18.6 Å². The summed E-state index contributed by atoms with van der Waals surface area (Å²) in [5.41, 5.74) is -1.12. The third-order valence-electron chi connectivity index (χ3n) is 11.4. The molecule has 0 radical (unpaired) electrons. The minimum atomic E-state index is -1.36. The molecule has 1 heterocycles. The van der Waals surface area contributed by atoms with Crippen LogP contribution in [0.1, 0.15) is 58.9 Å². The molecule has 0 aromatic heterocycles. The van der Waals surface area contributed by atoms with Gasteiger partial charge in [-0.15, -0.1) is 6.58 Å². The lowest BCUT2D eigenvalue weighted by molar-refractivity contribution is -0.193. The number of rotatable bonds is 5. The highest BCUT2D eigenvalue weighted by molar-refractivity contribution is 6.65. The second-order valence-corrected chi connectivity index (χ2v) is 13.2. The number of Topliss-reactive ketones (excluding diaryl/α,β-unsaturated/α-hetero) is 1. The Labute approximate surface area is 236 Å². The first kappa shape index (κ1) is 28.8. The molecule has 4 N–H and O–H groups in total. The number of carbonyl (C=O) groups excluding carboxylic acids is 1. The molecule has 9 nitrogen and oxygen atoms in total. The van der Waals surface area contributed by atoms with E-state index in [1.54, 1.807) is 37.5 Å². The molecule has 40 heavy (non-hydrogen) atoms. The van der Waals surface area contributed by atoms with Gasteiger partial charge in [0.15, 0.2) is 11.9 Å². The number of ether oxygens (including phenoxy) is 1. The molecule has 3 aliphatic carbocycles. The van der Waals surface area contributed by atoms with Crippen LogP contribution < -0.4 is 10.2 Å². The quantitative estimate of drug-likeness (QED) is 0.322. The van der Waals surface area contributed by atoms with Crippen LogP contribution in [-0.2, 0) is 9.59 Å². The van der Waals surface area contributed by atoms with Crippen molar-refractivity contribution in [3.05, 3.63) is 36.4 Å². The van der Waals surface area contributed by atoms with Gasteiger partial charge in [-0.1, -0.05) is 39.8 Å². The summed E-state index contributed by atoms with van der Waals surface area (Å²) in [6, 6.07) is 5.02. The molecular weight excluding hydrogens is 511 g/mol. The van der Waals surface area contributed by atoms with Gasteiger partial charge in [-0.3, -0.25) is 4.79 Å². The Bertz CT molecular complexity index is 1260. The van der Waals surface area contributed by atoms with Crippen molar-refractivity contribution in [1.29, 1.82) is 0 Å². The summed E-state index contributed by atoms with van der Waals surface area (Å²) >= 11 is 0. The number of ketones is 1. The molecule has 10 heteroatoms. The van der Waals surface area contributed by atoms with Gasteiger partial charge in [-0.2, -0.15) is 5.10 Å². The van der Waals surface area contributed by atoms with E-state index in [4.69, 9.17) is 4.74 Å². The first-order valence-corrected chi connectivity index (χ1v) is 14.2. The van der Waals surface area contributed by atoms with E-state index in [0.717, 1.165) is 6.42 Å². The molecule has 4 aliphatic rings. The fourth-order valence-corrected chi connectivity index (χ4v) is 8.74. The first-order valence-electron chi connectivity index (χ1n) is 14.2. The van der Waals surface area contributed by atoms with Crippen LogP contribution in [-0.4, -0.2) is 75.6 Å². The van der Waals surface area contributed by atoms with Gasteiger partial charge in [0.1, 0.15) is 11.9 Å². The SMILES string of the molecule is C=C[C@]1(C)C[C@@H](C(Oc2ccc3c(c2)B(O)N(C)N=C3)C(=O)O)[C@@]2(C)[C@H](C)CC[C@]3(C[C@H](O)C(=O)[C@H]32)[C@@H](C)[C@@H]1O.